The summed E-state index contributed by atoms with van der Waals surface area (Å²) in [6.07, 6.45) is 2.52. The topological polar surface area (TPSA) is 44.1 Å². The second kappa shape index (κ2) is 5.53. The van der Waals surface area contributed by atoms with Gasteiger partial charge in [-0.3, -0.25) is 4.79 Å². The van der Waals surface area contributed by atoms with E-state index in [1.54, 1.807) is 0 Å². The molecule has 0 spiro atoms. The summed E-state index contributed by atoms with van der Waals surface area (Å²) in [6, 6.07) is 8.11. The van der Waals surface area contributed by atoms with Crippen molar-refractivity contribution in [1.29, 1.82) is 5.26 Å². The Balaban J connectivity index is 2.22. The van der Waals surface area contributed by atoms with Gasteiger partial charge in [-0.2, -0.15) is 5.26 Å². The molecule has 1 amide bonds. The Kier molecular flexibility index (Phi) is 4.03. The molecule has 18 heavy (non-hydrogen) atoms. The lowest BCUT2D eigenvalue weighted by molar-refractivity contribution is 0.0746. The summed E-state index contributed by atoms with van der Waals surface area (Å²) in [4.78, 5) is 14.3. The highest BCUT2D eigenvalue weighted by atomic mass is 79.9. The molecular formula is C14H15BrN2O. The van der Waals surface area contributed by atoms with Gasteiger partial charge in [-0.25, -0.2) is 0 Å². The maximum Gasteiger partial charge on any atom is 0.254 e. The number of carbonyl (C=O) groups excluding carboxylic acids is 1. The Morgan fingerprint density at radius 3 is 2.89 bits per heavy atom. The maximum atomic E-state index is 12.5. The monoisotopic (exact) mass is 306 g/mol. The summed E-state index contributed by atoms with van der Waals surface area (Å²) in [6.45, 7) is 2.47. The fourth-order valence-corrected chi connectivity index (χ4v) is 2.37. The summed E-state index contributed by atoms with van der Waals surface area (Å²) >= 11 is 3.45. The fraction of sp³-hybridized carbons (Fsp3) is 0.429. The Morgan fingerprint density at radius 1 is 1.56 bits per heavy atom. The largest absolute Gasteiger partial charge is 0.335 e. The Hall–Kier alpha value is -1.34. The Morgan fingerprint density at radius 2 is 2.28 bits per heavy atom. The normalized spacial score (nSPS) is 14.1. The van der Waals surface area contributed by atoms with Crippen molar-refractivity contribution in [1.82, 2.24) is 4.90 Å². The standard InChI is InChI=1S/C14H15BrN2O/c1-10-12(4-2-5-13(10)15)14(18)17(9-3-8-16)11-6-7-11/h2,4-5,11H,3,6-7,9H2,1H3. The van der Waals surface area contributed by atoms with Crippen molar-refractivity contribution in [2.24, 2.45) is 0 Å². The van der Waals surface area contributed by atoms with E-state index in [1.165, 1.54) is 0 Å². The highest BCUT2D eigenvalue weighted by Crippen LogP contribution is 2.30. The van der Waals surface area contributed by atoms with Gasteiger partial charge in [-0.1, -0.05) is 22.0 Å². The van der Waals surface area contributed by atoms with Crippen molar-refractivity contribution in [3.8, 4) is 6.07 Å². The van der Waals surface area contributed by atoms with Crippen LogP contribution in [0.5, 0.6) is 0 Å². The van der Waals surface area contributed by atoms with Crippen molar-refractivity contribution in [3.05, 3.63) is 33.8 Å². The third kappa shape index (κ3) is 2.73. The molecule has 1 aliphatic carbocycles. The van der Waals surface area contributed by atoms with Gasteiger partial charge >= 0.3 is 0 Å². The molecule has 0 aliphatic heterocycles. The third-order valence-electron chi connectivity index (χ3n) is 3.21. The number of hydrogen-bond donors (Lipinski definition) is 0. The molecular weight excluding hydrogens is 292 g/mol. The van der Waals surface area contributed by atoms with Crippen LogP contribution in [0.3, 0.4) is 0 Å². The second-order valence-electron chi connectivity index (χ2n) is 4.55. The van der Waals surface area contributed by atoms with E-state index in [0.717, 1.165) is 28.4 Å². The van der Waals surface area contributed by atoms with Gasteiger partial charge in [-0.15, -0.1) is 0 Å². The minimum Gasteiger partial charge on any atom is -0.335 e. The van der Waals surface area contributed by atoms with Crippen LogP contribution >= 0.6 is 15.9 Å². The number of amides is 1. The molecule has 4 heteroatoms. The van der Waals surface area contributed by atoms with Crippen molar-refractivity contribution in [3.63, 3.8) is 0 Å². The maximum absolute atomic E-state index is 12.5. The van der Waals surface area contributed by atoms with Crippen molar-refractivity contribution in [2.45, 2.75) is 32.2 Å². The van der Waals surface area contributed by atoms with Gasteiger partial charge in [0.25, 0.3) is 5.91 Å². The van der Waals surface area contributed by atoms with Crippen LogP contribution in [0.15, 0.2) is 22.7 Å². The average molecular weight is 307 g/mol. The van der Waals surface area contributed by atoms with Crippen LogP contribution in [-0.4, -0.2) is 23.4 Å². The molecule has 0 saturated heterocycles. The molecule has 0 radical (unpaired) electrons. The van der Waals surface area contributed by atoms with Crippen LogP contribution in [-0.2, 0) is 0 Å². The average Bonchev–Trinajstić information content (AvgIpc) is 3.17. The molecule has 1 aliphatic rings. The first kappa shape index (κ1) is 13.1. The van der Waals surface area contributed by atoms with Crippen LogP contribution in [0.25, 0.3) is 0 Å². The minimum atomic E-state index is 0.0477. The van der Waals surface area contributed by atoms with Crippen LogP contribution < -0.4 is 0 Å². The SMILES string of the molecule is Cc1c(Br)cccc1C(=O)N(CCC#N)C1CC1. The van der Waals surface area contributed by atoms with E-state index in [1.807, 2.05) is 30.0 Å². The van der Waals surface area contributed by atoms with Crippen LogP contribution in [0.4, 0.5) is 0 Å². The quantitative estimate of drug-likeness (QED) is 0.857. The summed E-state index contributed by atoms with van der Waals surface area (Å²) < 4.78 is 0.949. The van der Waals surface area contributed by atoms with E-state index >= 15 is 0 Å². The molecule has 1 saturated carbocycles. The number of nitrogens with zero attached hydrogens (tertiary/aromatic N) is 2. The van der Waals surface area contributed by atoms with Crippen LogP contribution in [0, 0.1) is 18.3 Å². The molecule has 1 fully saturated rings. The van der Waals surface area contributed by atoms with E-state index in [9.17, 15) is 4.79 Å². The number of hydrogen-bond acceptors (Lipinski definition) is 2. The molecule has 0 heterocycles. The predicted octanol–water partition coefficient (Wildman–Crippen LogP) is 3.28. The van der Waals surface area contributed by atoms with E-state index in [4.69, 9.17) is 5.26 Å². The molecule has 0 bridgehead atoms. The van der Waals surface area contributed by atoms with Gasteiger partial charge in [0.1, 0.15) is 0 Å². The van der Waals surface area contributed by atoms with Crippen LogP contribution in [0.2, 0.25) is 0 Å². The molecule has 0 unspecified atom stereocenters. The zero-order valence-electron chi connectivity index (χ0n) is 10.3. The molecule has 0 aromatic heterocycles. The van der Waals surface area contributed by atoms with Gasteiger partial charge < -0.3 is 4.90 Å². The molecule has 3 nitrogen and oxygen atoms in total. The fourth-order valence-electron chi connectivity index (χ4n) is 2.00. The highest BCUT2D eigenvalue weighted by molar-refractivity contribution is 9.10. The number of rotatable bonds is 4. The first-order valence-corrected chi connectivity index (χ1v) is 6.87. The Labute approximate surface area is 116 Å². The highest BCUT2D eigenvalue weighted by Gasteiger charge is 2.33. The van der Waals surface area contributed by atoms with E-state index in [-0.39, 0.29) is 5.91 Å². The van der Waals surface area contributed by atoms with Gasteiger partial charge in [0.2, 0.25) is 0 Å². The lowest BCUT2D eigenvalue weighted by Gasteiger charge is -2.22. The molecule has 0 atom stereocenters. The predicted molar refractivity (Wildman–Crippen MR) is 73.2 cm³/mol. The van der Waals surface area contributed by atoms with Gasteiger partial charge in [0, 0.05) is 22.6 Å². The van der Waals surface area contributed by atoms with Crippen molar-refractivity contribution < 1.29 is 4.79 Å². The summed E-state index contributed by atoms with van der Waals surface area (Å²) in [5.74, 6) is 0.0477. The number of nitriles is 1. The van der Waals surface area contributed by atoms with Crippen molar-refractivity contribution >= 4 is 21.8 Å². The molecule has 1 aromatic rings. The molecule has 1 aromatic carbocycles. The van der Waals surface area contributed by atoms with E-state index < -0.39 is 0 Å². The second-order valence-corrected chi connectivity index (χ2v) is 5.40. The summed E-state index contributed by atoms with van der Waals surface area (Å²) in [7, 11) is 0. The van der Waals surface area contributed by atoms with E-state index in [0.29, 0.717) is 19.0 Å². The number of halogens is 1. The molecule has 2 rings (SSSR count). The van der Waals surface area contributed by atoms with Gasteiger partial charge in [-0.05, 0) is 37.5 Å². The number of benzene rings is 1. The lowest BCUT2D eigenvalue weighted by atomic mass is 10.1. The lowest BCUT2D eigenvalue weighted by Crippen LogP contribution is -2.34. The number of carbonyl (C=O) groups is 1. The van der Waals surface area contributed by atoms with Gasteiger partial charge in [0.15, 0.2) is 0 Å². The smallest absolute Gasteiger partial charge is 0.254 e. The first-order chi connectivity index (χ1) is 8.65. The first-order valence-electron chi connectivity index (χ1n) is 6.08. The zero-order valence-corrected chi connectivity index (χ0v) is 11.9. The Bertz CT molecular complexity index is 503. The summed E-state index contributed by atoms with van der Waals surface area (Å²) in [5.41, 5.74) is 1.69. The third-order valence-corrected chi connectivity index (χ3v) is 4.07. The van der Waals surface area contributed by atoms with E-state index in [2.05, 4.69) is 22.0 Å². The minimum absolute atomic E-state index is 0.0477. The van der Waals surface area contributed by atoms with Crippen molar-refractivity contribution in [2.75, 3.05) is 6.54 Å². The summed E-state index contributed by atoms with van der Waals surface area (Å²) in [5, 5.41) is 8.67. The van der Waals surface area contributed by atoms with Crippen LogP contribution in [0.1, 0.15) is 35.2 Å². The molecule has 0 N–H and O–H groups in total. The van der Waals surface area contributed by atoms with Gasteiger partial charge in [0.05, 0.1) is 12.5 Å². The molecule has 94 valence electrons. The zero-order chi connectivity index (χ0) is 13.1.